The van der Waals surface area contributed by atoms with Gasteiger partial charge in [-0.3, -0.25) is 14.5 Å². The van der Waals surface area contributed by atoms with E-state index in [0.717, 1.165) is 31.8 Å². The molecule has 0 spiro atoms. The maximum absolute atomic E-state index is 15.8. The molecular formula is C31H37F4N5O3. The van der Waals surface area contributed by atoms with E-state index in [1.807, 2.05) is 43.2 Å². The molecule has 0 radical (unpaired) electrons. The molecule has 2 N–H and O–H groups in total. The van der Waals surface area contributed by atoms with Crippen LogP contribution in [0.5, 0.6) is 0 Å². The van der Waals surface area contributed by atoms with Gasteiger partial charge in [-0.15, -0.1) is 0 Å². The topological polar surface area (TPSA) is 77.1 Å². The Bertz CT molecular complexity index is 1360. The van der Waals surface area contributed by atoms with E-state index in [9.17, 15) is 22.8 Å². The summed E-state index contributed by atoms with van der Waals surface area (Å²) in [6, 6.07) is 10.3. The first-order chi connectivity index (χ1) is 20.4. The van der Waals surface area contributed by atoms with Crippen LogP contribution in [0.15, 0.2) is 59.8 Å². The van der Waals surface area contributed by atoms with E-state index < -0.39 is 29.0 Å². The first kappa shape index (κ1) is 32.0. The van der Waals surface area contributed by atoms with E-state index in [1.165, 1.54) is 12.1 Å². The van der Waals surface area contributed by atoms with Crippen molar-refractivity contribution >= 4 is 29.4 Å². The van der Waals surface area contributed by atoms with Crippen LogP contribution >= 0.6 is 0 Å². The van der Waals surface area contributed by atoms with Crippen molar-refractivity contribution in [2.75, 3.05) is 61.6 Å². The van der Waals surface area contributed by atoms with Crippen LogP contribution in [0.4, 0.5) is 34.6 Å². The number of nitrogens with zero attached hydrogens (tertiary/aromatic N) is 3. The standard InChI is InChI=1S/C31H37F4N5O3/c1-5-26(31(33,34)35)25(16-36-19-41)30(42)37-28-14-24(22-6-8-23(9-7-22)39-10-12-43-13-11-39)27(32)15-29(28)40-17-20(2)38(4)21(3)18-40/h5-9,14-16,19-21H,10-13,17-18H2,1-4H3,(H,36,41)(H,37,42)/b25-16+,26-5+. The van der Waals surface area contributed by atoms with Crippen LogP contribution in [0.2, 0.25) is 0 Å². The maximum Gasteiger partial charge on any atom is 0.416 e. The van der Waals surface area contributed by atoms with Crippen LogP contribution in [0.1, 0.15) is 20.8 Å². The number of nitrogens with one attached hydrogen (secondary N) is 2. The zero-order chi connectivity index (χ0) is 31.3. The Morgan fingerprint density at radius 3 is 2.21 bits per heavy atom. The van der Waals surface area contributed by atoms with Crippen LogP contribution in [-0.2, 0) is 14.3 Å². The van der Waals surface area contributed by atoms with Crippen LogP contribution < -0.4 is 20.4 Å². The molecule has 43 heavy (non-hydrogen) atoms. The van der Waals surface area contributed by atoms with Crippen LogP contribution in [0.3, 0.4) is 0 Å². The number of carbonyl (C=O) groups excluding carboxylic acids is 2. The van der Waals surface area contributed by atoms with Gasteiger partial charge < -0.3 is 25.2 Å². The van der Waals surface area contributed by atoms with Crippen molar-refractivity contribution < 1.29 is 31.9 Å². The van der Waals surface area contributed by atoms with Crippen molar-refractivity contribution in [2.45, 2.75) is 39.0 Å². The number of hydrogen-bond acceptors (Lipinski definition) is 6. The Kier molecular flexibility index (Phi) is 10.1. The predicted molar refractivity (Wildman–Crippen MR) is 159 cm³/mol. The number of hydrogen-bond donors (Lipinski definition) is 2. The smallest absolute Gasteiger partial charge is 0.378 e. The van der Waals surface area contributed by atoms with E-state index in [-0.39, 0.29) is 29.7 Å². The van der Waals surface area contributed by atoms with Crippen molar-refractivity contribution in [1.29, 1.82) is 0 Å². The molecule has 2 saturated heterocycles. The van der Waals surface area contributed by atoms with Gasteiger partial charge in [-0.25, -0.2) is 4.39 Å². The lowest BCUT2D eigenvalue weighted by Gasteiger charge is -2.44. The first-order valence-electron chi connectivity index (χ1n) is 14.1. The summed E-state index contributed by atoms with van der Waals surface area (Å²) < 4.78 is 62.7. The summed E-state index contributed by atoms with van der Waals surface area (Å²) in [4.78, 5) is 30.6. The molecule has 0 aromatic heterocycles. The Hall–Kier alpha value is -3.90. The number of ether oxygens (including phenoxy) is 1. The van der Waals surface area contributed by atoms with Crippen molar-refractivity contribution in [3.05, 3.63) is 65.6 Å². The zero-order valence-corrected chi connectivity index (χ0v) is 24.7. The fourth-order valence-corrected chi connectivity index (χ4v) is 5.46. The lowest BCUT2D eigenvalue weighted by molar-refractivity contribution is -0.115. The third-order valence-electron chi connectivity index (χ3n) is 8.01. The molecule has 0 saturated carbocycles. The Morgan fingerprint density at radius 2 is 1.65 bits per heavy atom. The molecule has 2 unspecified atom stereocenters. The third kappa shape index (κ3) is 7.37. The van der Waals surface area contributed by atoms with E-state index in [1.54, 1.807) is 12.1 Å². The normalized spacial score (nSPS) is 20.7. The number of anilines is 3. The van der Waals surface area contributed by atoms with Crippen LogP contribution in [0, 0.1) is 5.82 Å². The summed E-state index contributed by atoms with van der Waals surface area (Å²) in [7, 11) is 1.99. The van der Waals surface area contributed by atoms with E-state index >= 15 is 4.39 Å². The highest BCUT2D eigenvalue weighted by Gasteiger charge is 2.38. The van der Waals surface area contributed by atoms with Crippen molar-refractivity contribution in [3.8, 4) is 11.1 Å². The molecule has 232 valence electrons. The molecule has 0 aliphatic carbocycles. The summed E-state index contributed by atoms with van der Waals surface area (Å²) in [5.74, 6) is -1.63. The van der Waals surface area contributed by atoms with E-state index in [4.69, 9.17) is 4.74 Å². The second kappa shape index (κ2) is 13.6. The number of rotatable bonds is 8. The molecular weight excluding hydrogens is 566 g/mol. The van der Waals surface area contributed by atoms with Gasteiger partial charge in [0.15, 0.2) is 0 Å². The largest absolute Gasteiger partial charge is 0.416 e. The number of halogens is 4. The average Bonchev–Trinajstić information content (AvgIpc) is 2.98. The zero-order valence-electron chi connectivity index (χ0n) is 24.7. The van der Waals surface area contributed by atoms with Crippen molar-refractivity contribution in [2.24, 2.45) is 0 Å². The highest BCUT2D eigenvalue weighted by molar-refractivity contribution is 6.09. The molecule has 2 atom stereocenters. The molecule has 2 aromatic carbocycles. The lowest BCUT2D eigenvalue weighted by Crippen LogP contribution is -2.55. The fraction of sp³-hybridized carbons (Fsp3) is 0.419. The Morgan fingerprint density at radius 1 is 1.02 bits per heavy atom. The molecule has 2 aromatic rings. The number of piperazine rings is 1. The Labute approximate surface area is 249 Å². The predicted octanol–water partition coefficient (Wildman–Crippen LogP) is 4.94. The van der Waals surface area contributed by atoms with Gasteiger partial charge in [-0.05, 0) is 57.6 Å². The Balaban J connectivity index is 1.76. The van der Waals surface area contributed by atoms with Gasteiger partial charge in [0.05, 0.1) is 35.7 Å². The van der Waals surface area contributed by atoms with E-state index in [0.29, 0.717) is 43.8 Å². The van der Waals surface area contributed by atoms with Crippen molar-refractivity contribution in [1.82, 2.24) is 10.2 Å². The lowest BCUT2D eigenvalue weighted by atomic mass is 10.0. The molecule has 2 fully saturated rings. The minimum absolute atomic E-state index is 0.0925. The van der Waals surface area contributed by atoms with Crippen LogP contribution in [-0.4, -0.2) is 81.9 Å². The van der Waals surface area contributed by atoms with Gasteiger partial charge in [0, 0.05) is 55.7 Å². The second-order valence-corrected chi connectivity index (χ2v) is 10.8. The number of likely N-dealkylation sites (N-methyl/N-ethyl adjacent to an activating group) is 1. The number of carbonyl (C=O) groups is 2. The van der Waals surface area contributed by atoms with Gasteiger partial charge in [0.1, 0.15) is 5.82 Å². The summed E-state index contributed by atoms with van der Waals surface area (Å²) in [5, 5.41) is 4.64. The molecule has 2 heterocycles. The van der Waals surface area contributed by atoms with Crippen molar-refractivity contribution in [3.63, 3.8) is 0 Å². The summed E-state index contributed by atoms with van der Waals surface area (Å²) >= 11 is 0. The van der Waals surface area contributed by atoms with E-state index in [2.05, 4.69) is 15.1 Å². The minimum atomic E-state index is -4.86. The van der Waals surface area contributed by atoms with Gasteiger partial charge in [0.2, 0.25) is 6.41 Å². The number of amides is 2. The van der Waals surface area contributed by atoms with Crippen LogP contribution in [0.25, 0.3) is 11.1 Å². The highest BCUT2D eigenvalue weighted by Crippen LogP contribution is 2.38. The molecule has 2 amide bonds. The van der Waals surface area contributed by atoms with Gasteiger partial charge in [-0.1, -0.05) is 18.2 Å². The number of morpholine rings is 1. The summed E-state index contributed by atoms with van der Waals surface area (Å²) in [5.41, 5.74) is 0.181. The molecule has 8 nitrogen and oxygen atoms in total. The molecule has 12 heteroatoms. The van der Waals surface area contributed by atoms with Gasteiger partial charge in [0.25, 0.3) is 5.91 Å². The SMILES string of the molecule is C/C=C(\C(=C/NC=O)C(=O)Nc1cc(-c2ccc(N3CCOCC3)cc2)c(F)cc1N1CC(C)N(C)C(C)C1)C(F)(F)F. The number of alkyl halides is 3. The average molecular weight is 604 g/mol. The second-order valence-electron chi connectivity index (χ2n) is 10.8. The quantitative estimate of drug-likeness (QED) is 0.193. The maximum atomic E-state index is 15.8. The molecule has 4 rings (SSSR count). The molecule has 2 aliphatic heterocycles. The number of allylic oxidation sites excluding steroid dienone is 1. The molecule has 0 bridgehead atoms. The van der Waals surface area contributed by atoms with Gasteiger partial charge in [-0.2, -0.15) is 13.2 Å². The third-order valence-corrected chi connectivity index (χ3v) is 8.01. The minimum Gasteiger partial charge on any atom is -0.378 e. The summed E-state index contributed by atoms with van der Waals surface area (Å²) in [6.45, 7) is 8.93. The van der Waals surface area contributed by atoms with Gasteiger partial charge >= 0.3 is 6.18 Å². The first-order valence-corrected chi connectivity index (χ1v) is 14.1. The summed E-state index contributed by atoms with van der Waals surface area (Å²) in [6.07, 6.45) is -3.22. The fourth-order valence-electron chi connectivity index (χ4n) is 5.46. The highest BCUT2D eigenvalue weighted by atomic mass is 19.4. The molecule has 2 aliphatic rings. The monoisotopic (exact) mass is 603 g/mol. The number of benzene rings is 2.